The molecular formula is C15H14ClN5O. The zero-order valence-corrected chi connectivity index (χ0v) is 12.4. The van der Waals surface area contributed by atoms with Crippen molar-refractivity contribution in [3.63, 3.8) is 0 Å². The highest BCUT2D eigenvalue weighted by Gasteiger charge is 2.33. The SMILES string of the molecule is Nc1nc2n(n1)[C@@H](c1ccco1)C[C@H](c1ccccc1Cl)N2. The second-order valence-corrected chi connectivity index (χ2v) is 5.63. The van der Waals surface area contributed by atoms with Crippen LogP contribution in [-0.2, 0) is 0 Å². The number of benzene rings is 1. The molecule has 3 heterocycles. The van der Waals surface area contributed by atoms with Crippen LogP contribution in [0.3, 0.4) is 0 Å². The van der Waals surface area contributed by atoms with Crippen LogP contribution in [-0.4, -0.2) is 14.8 Å². The number of furan rings is 1. The van der Waals surface area contributed by atoms with Gasteiger partial charge < -0.3 is 15.5 Å². The van der Waals surface area contributed by atoms with E-state index in [2.05, 4.69) is 15.4 Å². The molecular weight excluding hydrogens is 302 g/mol. The molecule has 6 nitrogen and oxygen atoms in total. The Morgan fingerprint density at radius 1 is 1.27 bits per heavy atom. The van der Waals surface area contributed by atoms with Crippen LogP contribution in [0.1, 0.15) is 29.8 Å². The van der Waals surface area contributed by atoms with E-state index in [0.29, 0.717) is 5.95 Å². The number of halogens is 1. The fourth-order valence-electron chi connectivity index (χ4n) is 2.87. The molecule has 0 spiro atoms. The third kappa shape index (κ3) is 2.12. The fraction of sp³-hybridized carbons (Fsp3) is 0.200. The first-order valence-electron chi connectivity index (χ1n) is 6.99. The van der Waals surface area contributed by atoms with Gasteiger partial charge in [-0.15, -0.1) is 5.10 Å². The molecule has 7 heteroatoms. The largest absolute Gasteiger partial charge is 0.467 e. The van der Waals surface area contributed by atoms with Gasteiger partial charge in [0.15, 0.2) is 0 Å². The van der Waals surface area contributed by atoms with E-state index < -0.39 is 0 Å². The van der Waals surface area contributed by atoms with Crippen LogP contribution in [0.2, 0.25) is 5.02 Å². The van der Waals surface area contributed by atoms with Crippen molar-refractivity contribution in [2.45, 2.75) is 18.5 Å². The summed E-state index contributed by atoms with van der Waals surface area (Å²) in [6.45, 7) is 0. The summed E-state index contributed by atoms with van der Waals surface area (Å²) in [7, 11) is 0. The minimum atomic E-state index is -0.0719. The van der Waals surface area contributed by atoms with Gasteiger partial charge >= 0.3 is 0 Å². The van der Waals surface area contributed by atoms with Crippen LogP contribution in [0.5, 0.6) is 0 Å². The quantitative estimate of drug-likeness (QED) is 0.758. The maximum Gasteiger partial charge on any atom is 0.241 e. The molecule has 4 rings (SSSR count). The first kappa shape index (κ1) is 13.2. The third-order valence-electron chi connectivity index (χ3n) is 3.86. The van der Waals surface area contributed by atoms with Crippen molar-refractivity contribution < 1.29 is 4.42 Å². The van der Waals surface area contributed by atoms with Crippen molar-refractivity contribution in [3.8, 4) is 0 Å². The Labute approximate surface area is 131 Å². The number of nitrogens with zero attached hydrogens (tertiary/aromatic N) is 3. The summed E-state index contributed by atoms with van der Waals surface area (Å²) in [6.07, 6.45) is 2.40. The van der Waals surface area contributed by atoms with Crippen LogP contribution in [0.15, 0.2) is 47.1 Å². The van der Waals surface area contributed by atoms with E-state index in [4.69, 9.17) is 21.8 Å². The Morgan fingerprint density at radius 2 is 2.14 bits per heavy atom. The molecule has 22 heavy (non-hydrogen) atoms. The Balaban J connectivity index is 1.78. The van der Waals surface area contributed by atoms with E-state index in [0.717, 1.165) is 22.8 Å². The monoisotopic (exact) mass is 315 g/mol. The van der Waals surface area contributed by atoms with Crippen LogP contribution >= 0.6 is 11.6 Å². The Morgan fingerprint density at radius 3 is 2.91 bits per heavy atom. The molecule has 0 saturated heterocycles. The number of fused-ring (bicyclic) bond motifs is 1. The van der Waals surface area contributed by atoms with Gasteiger partial charge in [0.05, 0.1) is 12.3 Å². The average molecular weight is 316 g/mol. The molecule has 0 amide bonds. The molecule has 1 aliphatic heterocycles. The van der Waals surface area contributed by atoms with Gasteiger partial charge in [-0.25, -0.2) is 4.68 Å². The van der Waals surface area contributed by atoms with E-state index >= 15 is 0 Å². The van der Waals surface area contributed by atoms with Crippen molar-refractivity contribution in [3.05, 3.63) is 59.0 Å². The predicted molar refractivity (Wildman–Crippen MR) is 83.7 cm³/mol. The second kappa shape index (κ2) is 5.06. The maximum absolute atomic E-state index is 6.33. The summed E-state index contributed by atoms with van der Waals surface area (Å²) < 4.78 is 7.33. The van der Waals surface area contributed by atoms with Gasteiger partial charge in [-0.3, -0.25) is 0 Å². The molecule has 112 valence electrons. The lowest BCUT2D eigenvalue weighted by molar-refractivity contribution is 0.359. The van der Waals surface area contributed by atoms with Gasteiger partial charge in [-0.1, -0.05) is 29.8 Å². The topological polar surface area (TPSA) is 81.9 Å². The number of nitrogen functional groups attached to an aromatic ring is 1. The lowest BCUT2D eigenvalue weighted by atomic mass is 9.96. The zero-order chi connectivity index (χ0) is 15.1. The van der Waals surface area contributed by atoms with Crippen LogP contribution in [0.4, 0.5) is 11.9 Å². The van der Waals surface area contributed by atoms with Gasteiger partial charge in [0, 0.05) is 11.4 Å². The molecule has 2 atom stereocenters. The average Bonchev–Trinajstić information content (AvgIpc) is 3.14. The van der Waals surface area contributed by atoms with E-state index in [1.54, 1.807) is 10.9 Å². The Bertz CT molecular complexity index is 798. The van der Waals surface area contributed by atoms with Crippen LogP contribution < -0.4 is 11.1 Å². The Hall–Kier alpha value is -2.47. The molecule has 3 aromatic rings. The highest BCUT2D eigenvalue weighted by Crippen LogP contribution is 2.39. The Kier molecular flexibility index (Phi) is 3.04. The number of hydrogen-bond donors (Lipinski definition) is 2. The normalized spacial score (nSPS) is 20.4. The van der Waals surface area contributed by atoms with E-state index in [9.17, 15) is 0 Å². The van der Waals surface area contributed by atoms with Gasteiger partial charge in [0.25, 0.3) is 0 Å². The highest BCUT2D eigenvalue weighted by molar-refractivity contribution is 6.31. The maximum atomic E-state index is 6.33. The number of rotatable bonds is 2. The van der Waals surface area contributed by atoms with E-state index in [1.165, 1.54) is 0 Å². The van der Waals surface area contributed by atoms with Crippen LogP contribution in [0, 0.1) is 0 Å². The summed E-state index contributed by atoms with van der Waals surface area (Å²) >= 11 is 6.33. The molecule has 0 bridgehead atoms. The molecule has 0 radical (unpaired) electrons. The molecule has 2 aromatic heterocycles. The van der Waals surface area contributed by atoms with Crippen molar-refractivity contribution in [1.29, 1.82) is 0 Å². The minimum absolute atomic E-state index is 0.0138. The number of anilines is 2. The van der Waals surface area contributed by atoms with Gasteiger partial charge in [0.1, 0.15) is 11.8 Å². The number of nitrogens with two attached hydrogens (primary N) is 1. The van der Waals surface area contributed by atoms with Gasteiger partial charge in [-0.2, -0.15) is 4.98 Å². The molecule has 0 fully saturated rings. The molecule has 0 aliphatic carbocycles. The zero-order valence-electron chi connectivity index (χ0n) is 11.6. The lowest BCUT2D eigenvalue weighted by Crippen LogP contribution is -2.28. The summed E-state index contributed by atoms with van der Waals surface area (Å²) in [5, 5.41) is 8.34. The van der Waals surface area contributed by atoms with Crippen molar-refractivity contribution in [2.75, 3.05) is 11.1 Å². The third-order valence-corrected chi connectivity index (χ3v) is 4.20. The number of aromatic nitrogens is 3. The standard InChI is InChI=1S/C15H14ClN5O/c16-10-5-2-1-4-9(10)11-8-12(13-6-3-7-22-13)21-15(18-11)19-14(17)20-21/h1-7,11-12H,8H2,(H3,17,18,19,20)/t11-,12-/m1/s1. The molecule has 1 aliphatic rings. The van der Waals surface area contributed by atoms with Gasteiger partial charge in [-0.05, 0) is 23.8 Å². The van der Waals surface area contributed by atoms with Crippen molar-refractivity contribution >= 4 is 23.5 Å². The summed E-state index contributed by atoms with van der Waals surface area (Å²) in [5.74, 6) is 1.68. The lowest BCUT2D eigenvalue weighted by Gasteiger charge is -2.30. The predicted octanol–water partition coefficient (Wildman–Crippen LogP) is 3.25. The molecule has 0 unspecified atom stereocenters. The van der Waals surface area contributed by atoms with E-state index in [-0.39, 0.29) is 18.0 Å². The minimum Gasteiger partial charge on any atom is -0.467 e. The second-order valence-electron chi connectivity index (χ2n) is 5.22. The first-order valence-corrected chi connectivity index (χ1v) is 7.36. The first-order chi connectivity index (χ1) is 10.7. The molecule has 3 N–H and O–H groups in total. The number of nitrogens with one attached hydrogen (secondary N) is 1. The smallest absolute Gasteiger partial charge is 0.241 e. The van der Waals surface area contributed by atoms with Crippen molar-refractivity contribution in [1.82, 2.24) is 14.8 Å². The van der Waals surface area contributed by atoms with Crippen LogP contribution in [0.25, 0.3) is 0 Å². The molecule has 1 aromatic carbocycles. The number of hydrogen-bond acceptors (Lipinski definition) is 5. The summed E-state index contributed by atoms with van der Waals surface area (Å²) in [6, 6.07) is 11.5. The van der Waals surface area contributed by atoms with Gasteiger partial charge in [0.2, 0.25) is 11.9 Å². The summed E-state index contributed by atoms with van der Waals surface area (Å²) in [4.78, 5) is 4.25. The van der Waals surface area contributed by atoms with Crippen molar-refractivity contribution in [2.24, 2.45) is 0 Å². The van der Waals surface area contributed by atoms with E-state index in [1.807, 2.05) is 36.4 Å². The molecule has 0 saturated carbocycles. The fourth-order valence-corrected chi connectivity index (χ4v) is 3.14. The highest BCUT2D eigenvalue weighted by atomic mass is 35.5. The summed E-state index contributed by atoms with van der Waals surface area (Å²) in [5.41, 5.74) is 6.77.